The summed E-state index contributed by atoms with van der Waals surface area (Å²) in [6.45, 7) is 0. The summed E-state index contributed by atoms with van der Waals surface area (Å²) in [7, 11) is 1.60. The molecule has 0 N–H and O–H groups in total. The number of nitro groups is 1. The molecule has 4 nitrogen and oxygen atoms in total. The Morgan fingerprint density at radius 3 is 2.80 bits per heavy atom. The van der Waals surface area contributed by atoms with E-state index in [4.69, 9.17) is 4.74 Å². The van der Waals surface area contributed by atoms with Crippen LogP contribution in [0.1, 0.15) is 5.56 Å². The Labute approximate surface area is 92.1 Å². The fraction of sp³-hybridized carbons (Fsp3) is 0.200. The van der Waals surface area contributed by atoms with E-state index in [0.717, 1.165) is 22.4 Å². The largest absolute Gasteiger partial charge is 0.496 e. The van der Waals surface area contributed by atoms with E-state index in [0.29, 0.717) is 0 Å². The molecule has 0 heterocycles. The summed E-state index contributed by atoms with van der Waals surface area (Å²) in [5, 5.41) is 10.1. The summed E-state index contributed by atoms with van der Waals surface area (Å²) < 4.78 is 5.14. The first-order valence-corrected chi connectivity index (χ1v) is 5.43. The second-order valence-electron chi connectivity index (χ2n) is 2.72. The first-order chi connectivity index (χ1) is 7.17. The standard InChI is InChI=1S/C10H11NO3S/c1-14-9-4-3-8(5-6-11(12)13)7-10(9)15-2/h3-7H,1-2H3. The minimum absolute atomic E-state index is 0.483. The molecule has 1 aromatic carbocycles. The Kier molecular flexibility index (Phi) is 4.17. The summed E-state index contributed by atoms with van der Waals surface area (Å²) in [6, 6.07) is 5.42. The second-order valence-corrected chi connectivity index (χ2v) is 3.56. The molecule has 0 aliphatic heterocycles. The molecular formula is C10H11NO3S. The van der Waals surface area contributed by atoms with Crippen molar-refractivity contribution in [1.82, 2.24) is 0 Å². The average Bonchev–Trinajstić information content (AvgIpc) is 2.25. The van der Waals surface area contributed by atoms with Gasteiger partial charge in [-0.15, -0.1) is 11.8 Å². The zero-order valence-corrected chi connectivity index (χ0v) is 9.28. The molecule has 15 heavy (non-hydrogen) atoms. The highest BCUT2D eigenvalue weighted by Crippen LogP contribution is 2.28. The van der Waals surface area contributed by atoms with Crippen LogP contribution in [-0.2, 0) is 0 Å². The lowest BCUT2D eigenvalue weighted by atomic mass is 10.2. The van der Waals surface area contributed by atoms with Gasteiger partial charge in [0, 0.05) is 11.0 Å². The van der Waals surface area contributed by atoms with Gasteiger partial charge in [-0.2, -0.15) is 0 Å². The van der Waals surface area contributed by atoms with E-state index >= 15 is 0 Å². The zero-order chi connectivity index (χ0) is 11.3. The van der Waals surface area contributed by atoms with Gasteiger partial charge in [0.25, 0.3) is 0 Å². The Balaban J connectivity index is 2.97. The minimum Gasteiger partial charge on any atom is -0.496 e. The molecule has 5 heteroatoms. The van der Waals surface area contributed by atoms with Gasteiger partial charge in [0.05, 0.1) is 12.0 Å². The quantitative estimate of drug-likeness (QED) is 0.449. The zero-order valence-electron chi connectivity index (χ0n) is 8.47. The predicted octanol–water partition coefficient (Wildman–Crippen LogP) is 2.66. The third-order valence-electron chi connectivity index (χ3n) is 1.80. The van der Waals surface area contributed by atoms with Crippen molar-refractivity contribution in [3.63, 3.8) is 0 Å². The van der Waals surface area contributed by atoms with E-state index < -0.39 is 4.92 Å². The maximum atomic E-state index is 10.1. The highest BCUT2D eigenvalue weighted by Gasteiger charge is 2.01. The lowest BCUT2D eigenvalue weighted by Crippen LogP contribution is -1.87. The first kappa shape index (κ1) is 11.6. The van der Waals surface area contributed by atoms with Gasteiger partial charge in [-0.3, -0.25) is 10.1 Å². The lowest BCUT2D eigenvalue weighted by Gasteiger charge is -2.05. The maximum absolute atomic E-state index is 10.1. The summed E-state index contributed by atoms with van der Waals surface area (Å²) in [5.41, 5.74) is 0.789. The molecule has 0 fully saturated rings. The molecule has 80 valence electrons. The number of hydrogen-bond acceptors (Lipinski definition) is 4. The van der Waals surface area contributed by atoms with Crippen molar-refractivity contribution in [2.24, 2.45) is 0 Å². The maximum Gasteiger partial charge on any atom is 0.235 e. The van der Waals surface area contributed by atoms with E-state index in [9.17, 15) is 10.1 Å². The van der Waals surface area contributed by atoms with Crippen LogP contribution in [0.4, 0.5) is 0 Å². The van der Waals surface area contributed by atoms with Gasteiger partial charge in [-0.05, 0) is 24.0 Å². The predicted molar refractivity (Wildman–Crippen MR) is 60.8 cm³/mol. The molecule has 0 saturated carbocycles. The van der Waals surface area contributed by atoms with Crippen LogP contribution in [0.5, 0.6) is 5.75 Å². The molecular weight excluding hydrogens is 214 g/mol. The van der Waals surface area contributed by atoms with Gasteiger partial charge in [0.15, 0.2) is 0 Å². The monoisotopic (exact) mass is 225 g/mol. The van der Waals surface area contributed by atoms with E-state index in [1.54, 1.807) is 19.2 Å². The number of thioether (sulfide) groups is 1. The Morgan fingerprint density at radius 1 is 1.53 bits per heavy atom. The first-order valence-electron chi connectivity index (χ1n) is 4.21. The third-order valence-corrected chi connectivity index (χ3v) is 2.56. The van der Waals surface area contributed by atoms with Gasteiger partial charge < -0.3 is 4.74 Å². The molecule has 0 spiro atoms. The summed E-state index contributed by atoms with van der Waals surface area (Å²) in [4.78, 5) is 10.6. The van der Waals surface area contributed by atoms with E-state index in [2.05, 4.69) is 0 Å². The minimum atomic E-state index is -0.483. The number of nitrogens with zero attached hydrogens (tertiary/aromatic N) is 1. The van der Waals surface area contributed by atoms with Crippen molar-refractivity contribution in [3.05, 3.63) is 40.1 Å². The Bertz CT molecular complexity index is 390. The molecule has 0 aliphatic rings. The van der Waals surface area contributed by atoms with Crippen LogP contribution < -0.4 is 4.74 Å². The number of benzene rings is 1. The van der Waals surface area contributed by atoms with Crippen molar-refractivity contribution >= 4 is 17.8 Å². The van der Waals surface area contributed by atoms with Crippen molar-refractivity contribution in [2.45, 2.75) is 4.90 Å². The summed E-state index contributed by atoms with van der Waals surface area (Å²) in [5.74, 6) is 0.778. The highest BCUT2D eigenvalue weighted by molar-refractivity contribution is 7.98. The highest BCUT2D eigenvalue weighted by atomic mass is 32.2. The molecule has 0 bridgehead atoms. The van der Waals surface area contributed by atoms with Crippen molar-refractivity contribution in [3.8, 4) is 5.75 Å². The number of hydrogen-bond donors (Lipinski definition) is 0. The molecule has 0 radical (unpaired) electrons. The van der Waals surface area contributed by atoms with E-state index in [1.165, 1.54) is 17.8 Å². The number of rotatable bonds is 4. The van der Waals surface area contributed by atoms with Gasteiger partial charge in [-0.25, -0.2) is 0 Å². The molecule has 0 aromatic heterocycles. The molecule has 1 aromatic rings. The van der Waals surface area contributed by atoms with Gasteiger partial charge >= 0.3 is 0 Å². The molecule has 0 unspecified atom stereocenters. The van der Waals surface area contributed by atoms with Crippen LogP contribution in [0.25, 0.3) is 6.08 Å². The smallest absolute Gasteiger partial charge is 0.235 e. The topological polar surface area (TPSA) is 52.4 Å². The van der Waals surface area contributed by atoms with Crippen LogP contribution in [0.2, 0.25) is 0 Å². The van der Waals surface area contributed by atoms with E-state index in [1.807, 2.05) is 12.3 Å². The lowest BCUT2D eigenvalue weighted by molar-refractivity contribution is -0.400. The molecule has 1 rings (SSSR count). The summed E-state index contributed by atoms with van der Waals surface area (Å²) in [6.07, 6.45) is 4.31. The van der Waals surface area contributed by atoms with Gasteiger partial charge in [0.2, 0.25) is 6.20 Å². The SMILES string of the molecule is COc1ccc(C=C[N+](=O)[O-])cc1SC. The Hall–Kier alpha value is -1.49. The average molecular weight is 225 g/mol. The summed E-state index contributed by atoms with van der Waals surface area (Å²) >= 11 is 1.54. The Morgan fingerprint density at radius 2 is 2.27 bits per heavy atom. The molecule has 0 amide bonds. The molecule has 0 saturated heterocycles. The molecule has 0 atom stereocenters. The van der Waals surface area contributed by atoms with Crippen LogP contribution in [0, 0.1) is 10.1 Å². The van der Waals surface area contributed by atoms with Crippen molar-refractivity contribution in [1.29, 1.82) is 0 Å². The number of methoxy groups -OCH3 is 1. The van der Waals surface area contributed by atoms with Crippen LogP contribution in [-0.4, -0.2) is 18.3 Å². The number of ether oxygens (including phenoxy) is 1. The van der Waals surface area contributed by atoms with Crippen LogP contribution >= 0.6 is 11.8 Å². The molecule has 0 aliphatic carbocycles. The fourth-order valence-corrected chi connectivity index (χ4v) is 1.71. The third kappa shape index (κ3) is 3.28. The fourth-order valence-electron chi connectivity index (χ4n) is 1.10. The van der Waals surface area contributed by atoms with E-state index in [-0.39, 0.29) is 0 Å². The van der Waals surface area contributed by atoms with Crippen LogP contribution in [0.3, 0.4) is 0 Å². The second kappa shape index (κ2) is 5.41. The van der Waals surface area contributed by atoms with Gasteiger partial charge in [0.1, 0.15) is 5.75 Å². The van der Waals surface area contributed by atoms with Crippen LogP contribution in [0.15, 0.2) is 29.3 Å². The van der Waals surface area contributed by atoms with Gasteiger partial charge in [-0.1, -0.05) is 6.07 Å². The van der Waals surface area contributed by atoms with Crippen molar-refractivity contribution in [2.75, 3.05) is 13.4 Å². The van der Waals surface area contributed by atoms with Crippen molar-refractivity contribution < 1.29 is 9.66 Å². The normalized spacial score (nSPS) is 10.5.